The SMILES string of the molecule is CC(Sc1ccnc(N(C)C)n1)C(=O)O. The van der Waals surface area contributed by atoms with Crippen LogP contribution in [0.25, 0.3) is 0 Å². The van der Waals surface area contributed by atoms with Gasteiger partial charge in [0, 0.05) is 20.3 Å². The van der Waals surface area contributed by atoms with Crippen molar-refractivity contribution < 1.29 is 9.90 Å². The molecular formula is C9H13N3O2S. The molecule has 1 aromatic rings. The number of hydrogen-bond donors (Lipinski definition) is 1. The third-order valence-corrected chi connectivity index (χ3v) is 2.69. The van der Waals surface area contributed by atoms with Crippen molar-refractivity contribution in [1.82, 2.24) is 9.97 Å². The summed E-state index contributed by atoms with van der Waals surface area (Å²) in [4.78, 5) is 20.7. The van der Waals surface area contributed by atoms with Gasteiger partial charge in [-0.15, -0.1) is 0 Å². The number of carboxylic acids is 1. The van der Waals surface area contributed by atoms with Crippen LogP contribution in [0.4, 0.5) is 5.95 Å². The third kappa shape index (κ3) is 3.39. The van der Waals surface area contributed by atoms with Crippen LogP contribution in [-0.4, -0.2) is 40.4 Å². The molecule has 82 valence electrons. The molecule has 0 aliphatic heterocycles. The largest absolute Gasteiger partial charge is 0.480 e. The lowest BCUT2D eigenvalue weighted by Gasteiger charge is -2.11. The number of thioether (sulfide) groups is 1. The van der Waals surface area contributed by atoms with Crippen molar-refractivity contribution in [3.05, 3.63) is 12.3 Å². The quantitative estimate of drug-likeness (QED) is 0.614. The monoisotopic (exact) mass is 227 g/mol. The predicted molar refractivity (Wildman–Crippen MR) is 59.3 cm³/mol. The molecular weight excluding hydrogens is 214 g/mol. The van der Waals surface area contributed by atoms with Gasteiger partial charge >= 0.3 is 5.97 Å². The highest BCUT2D eigenvalue weighted by molar-refractivity contribution is 8.00. The number of hydrogen-bond acceptors (Lipinski definition) is 5. The first-order chi connectivity index (χ1) is 7.00. The first-order valence-corrected chi connectivity index (χ1v) is 5.28. The van der Waals surface area contributed by atoms with Crippen molar-refractivity contribution in [2.45, 2.75) is 17.2 Å². The average molecular weight is 227 g/mol. The summed E-state index contributed by atoms with van der Waals surface area (Å²) in [5.41, 5.74) is 0. The van der Waals surface area contributed by atoms with Gasteiger partial charge in [-0.25, -0.2) is 9.97 Å². The van der Waals surface area contributed by atoms with Crippen LogP contribution in [-0.2, 0) is 4.79 Å². The fraction of sp³-hybridized carbons (Fsp3) is 0.444. The van der Waals surface area contributed by atoms with Gasteiger partial charge in [-0.1, -0.05) is 11.8 Å². The highest BCUT2D eigenvalue weighted by Gasteiger charge is 2.13. The van der Waals surface area contributed by atoms with Crippen molar-refractivity contribution in [1.29, 1.82) is 0 Å². The van der Waals surface area contributed by atoms with E-state index in [1.165, 1.54) is 11.8 Å². The Hall–Kier alpha value is -1.30. The molecule has 0 saturated heterocycles. The zero-order valence-electron chi connectivity index (χ0n) is 8.84. The zero-order valence-corrected chi connectivity index (χ0v) is 9.65. The summed E-state index contributed by atoms with van der Waals surface area (Å²) in [6, 6.07) is 1.71. The molecule has 1 rings (SSSR count). The number of aromatic nitrogens is 2. The summed E-state index contributed by atoms with van der Waals surface area (Å²) in [6.07, 6.45) is 1.62. The van der Waals surface area contributed by atoms with Gasteiger partial charge in [0.05, 0.1) is 0 Å². The number of carboxylic acid groups (broad SMARTS) is 1. The van der Waals surface area contributed by atoms with E-state index >= 15 is 0 Å². The Morgan fingerprint density at radius 2 is 2.27 bits per heavy atom. The molecule has 5 nitrogen and oxygen atoms in total. The summed E-state index contributed by atoms with van der Waals surface area (Å²) in [5, 5.41) is 8.91. The Morgan fingerprint density at radius 3 is 2.80 bits per heavy atom. The fourth-order valence-electron chi connectivity index (χ4n) is 0.845. The summed E-state index contributed by atoms with van der Waals surface area (Å²) < 4.78 is 0. The van der Waals surface area contributed by atoms with E-state index in [9.17, 15) is 4.79 Å². The smallest absolute Gasteiger partial charge is 0.316 e. The maximum Gasteiger partial charge on any atom is 0.316 e. The van der Waals surface area contributed by atoms with E-state index in [0.717, 1.165) is 0 Å². The first-order valence-electron chi connectivity index (χ1n) is 4.40. The number of nitrogens with zero attached hydrogens (tertiary/aromatic N) is 3. The zero-order chi connectivity index (χ0) is 11.4. The maximum absolute atomic E-state index is 10.6. The lowest BCUT2D eigenvalue weighted by Crippen LogP contribution is -2.14. The Balaban J connectivity index is 2.78. The Bertz CT molecular complexity index is 357. The summed E-state index contributed by atoms with van der Waals surface area (Å²) >= 11 is 1.21. The summed E-state index contributed by atoms with van der Waals surface area (Å²) in [5.74, 6) is -0.261. The van der Waals surface area contributed by atoms with Crippen LogP contribution >= 0.6 is 11.8 Å². The molecule has 0 aliphatic rings. The molecule has 0 saturated carbocycles. The molecule has 1 unspecified atom stereocenters. The Labute approximate surface area is 92.5 Å². The van der Waals surface area contributed by atoms with Crippen LogP contribution in [0, 0.1) is 0 Å². The van der Waals surface area contributed by atoms with Gasteiger partial charge in [-0.2, -0.15) is 0 Å². The van der Waals surface area contributed by atoms with E-state index in [4.69, 9.17) is 5.11 Å². The van der Waals surface area contributed by atoms with Crippen LogP contribution in [0.5, 0.6) is 0 Å². The second-order valence-electron chi connectivity index (χ2n) is 3.19. The molecule has 0 aliphatic carbocycles. The number of rotatable bonds is 4. The van der Waals surface area contributed by atoms with E-state index in [1.807, 2.05) is 14.1 Å². The second kappa shape index (κ2) is 4.97. The standard InChI is InChI=1S/C9H13N3O2S/c1-6(8(13)14)15-7-4-5-10-9(11-7)12(2)3/h4-6H,1-3H3,(H,13,14). The molecule has 0 fully saturated rings. The van der Waals surface area contributed by atoms with Crippen molar-refractivity contribution in [3.63, 3.8) is 0 Å². The van der Waals surface area contributed by atoms with Crippen molar-refractivity contribution >= 4 is 23.7 Å². The number of aliphatic carboxylic acids is 1. The van der Waals surface area contributed by atoms with E-state index in [1.54, 1.807) is 24.1 Å². The van der Waals surface area contributed by atoms with Crippen molar-refractivity contribution in [2.75, 3.05) is 19.0 Å². The van der Waals surface area contributed by atoms with Crippen LogP contribution in [0.2, 0.25) is 0 Å². The number of anilines is 1. The molecule has 0 amide bonds. The third-order valence-electron chi connectivity index (χ3n) is 1.66. The van der Waals surface area contributed by atoms with Crippen LogP contribution in [0.3, 0.4) is 0 Å². The lowest BCUT2D eigenvalue weighted by molar-refractivity contribution is -0.136. The van der Waals surface area contributed by atoms with Gasteiger partial charge in [0.25, 0.3) is 0 Å². The minimum Gasteiger partial charge on any atom is -0.480 e. The Kier molecular flexibility index (Phi) is 3.90. The normalized spacial score (nSPS) is 12.2. The van der Waals surface area contributed by atoms with Crippen LogP contribution < -0.4 is 4.90 Å². The average Bonchev–Trinajstić information content (AvgIpc) is 2.18. The maximum atomic E-state index is 10.6. The van der Waals surface area contributed by atoms with Gasteiger partial charge in [0.2, 0.25) is 5.95 Å². The van der Waals surface area contributed by atoms with Gasteiger partial charge < -0.3 is 10.0 Å². The van der Waals surface area contributed by atoms with Crippen molar-refractivity contribution in [2.24, 2.45) is 0 Å². The Morgan fingerprint density at radius 1 is 1.60 bits per heavy atom. The molecule has 0 spiro atoms. The van der Waals surface area contributed by atoms with E-state index in [0.29, 0.717) is 11.0 Å². The van der Waals surface area contributed by atoms with E-state index < -0.39 is 11.2 Å². The summed E-state index contributed by atoms with van der Waals surface area (Å²) in [7, 11) is 3.68. The van der Waals surface area contributed by atoms with Gasteiger partial charge in [0.1, 0.15) is 10.3 Å². The van der Waals surface area contributed by atoms with E-state index in [2.05, 4.69) is 9.97 Å². The highest BCUT2D eigenvalue weighted by atomic mass is 32.2. The summed E-state index contributed by atoms with van der Waals surface area (Å²) in [6.45, 7) is 1.63. The van der Waals surface area contributed by atoms with Gasteiger partial charge in [0.15, 0.2) is 0 Å². The first kappa shape index (κ1) is 11.8. The molecule has 0 bridgehead atoms. The van der Waals surface area contributed by atoms with Crippen LogP contribution in [0.15, 0.2) is 17.3 Å². The van der Waals surface area contributed by atoms with E-state index in [-0.39, 0.29) is 0 Å². The number of carbonyl (C=O) groups is 1. The second-order valence-corrected chi connectivity index (χ2v) is 4.55. The molecule has 1 aromatic heterocycles. The van der Waals surface area contributed by atoms with Gasteiger partial charge in [-0.3, -0.25) is 4.79 Å². The highest BCUT2D eigenvalue weighted by Crippen LogP contribution is 2.21. The lowest BCUT2D eigenvalue weighted by atomic mass is 10.5. The molecule has 15 heavy (non-hydrogen) atoms. The molecule has 1 heterocycles. The molecule has 0 aromatic carbocycles. The fourth-order valence-corrected chi connectivity index (χ4v) is 1.58. The molecule has 6 heteroatoms. The predicted octanol–water partition coefficient (Wildman–Crippen LogP) is 1.11. The minimum absolute atomic E-state index is 0.505. The van der Waals surface area contributed by atoms with Crippen molar-refractivity contribution in [3.8, 4) is 0 Å². The molecule has 0 radical (unpaired) electrons. The minimum atomic E-state index is -0.843. The molecule has 1 N–H and O–H groups in total. The topological polar surface area (TPSA) is 66.3 Å². The van der Waals surface area contributed by atoms with Crippen LogP contribution in [0.1, 0.15) is 6.92 Å². The van der Waals surface area contributed by atoms with Gasteiger partial charge in [-0.05, 0) is 13.0 Å². The molecule has 1 atom stereocenters.